The quantitative estimate of drug-likeness (QED) is 0.696. The van der Waals surface area contributed by atoms with E-state index >= 15 is 0 Å². The SMILES string of the molecule is CC(C)CN(CCC#N)CC(C)C(=O)O. The third kappa shape index (κ3) is 6.92. The van der Waals surface area contributed by atoms with Gasteiger partial charge in [0, 0.05) is 26.1 Å². The Balaban J connectivity index is 4.11. The molecule has 4 nitrogen and oxygen atoms in total. The fourth-order valence-electron chi connectivity index (χ4n) is 1.45. The number of nitriles is 1. The Bertz CT molecular complexity index is 233. The lowest BCUT2D eigenvalue weighted by molar-refractivity contribution is -0.141. The van der Waals surface area contributed by atoms with E-state index in [-0.39, 0.29) is 5.92 Å². The number of carbonyl (C=O) groups is 1. The van der Waals surface area contributed by atoms with Gasteiger partial charge in [0.25, 0.3) is 0 Å². The first-order chi connectivity index (χ1) is 6.97. The summed E-state index contributed by atoms with van der Waals surface area (Å²) in [5, 5.41) is 17.3. The average Bonchev–Trinajstić information content (AvgIpc) is 2.13. The molecule has 1 atom stereocenters. The molecule has 0 radical (unpaired) electrons. The molecule has 0 saturated heterocycles. The van der Waals surface area contributed by atoms with Crippen LogP contribution in [-0.2, 0) is 4.79 Å². The van der Waals surface area contributed by atoms with E-state index in [0.29, 0.717) is 25.4 Å². The van der Waals surface area contributed by atoms with Gasteiger partial charge in [0.1, 0.15) is 0 Å². The minimum atomic E-state index is -0.777. The largest absolute Gasteiger partial charge is 0.481 e. The molecule has 1 unspecified atom stereocenters. The molecule has 0 amide bonds. The summed E-state index contributed by atoms with van der Waals surface area (Å²) in [6.07, 6.45) is 0.457. The fourth-order valence-corrected chi connectivity index (χ4v) is 1.45. The lowest BCUT2D eigenvalue weighted by Gasteiger charge is -2.24. The minimum absolute atomic E-state index is 0.373. The van der Waals surface area contributed by atoms with E-state index < -0.39 is 5.97 Å². The summed E-state index contributed by atoms with van der Waals surface area (Å²) in [5.74, 6) is -0.659. The maximum atomic E-state index is 10.7. The van der Waals surface area contributed by atoms with E-state index in [9.17, 15) is 4.79 Å². The predicted octanol–water partition coefficient (Wildman–Crippen LogP) is 1.58. The van der Waals surface area contributed by atoms with Crippen molar-refractivity contribution in [2.24, 2.45) is 11.8 Å². The number of hydrogen-bond acceptors (Lipinski definition) is 3. The topological polar surface area (TPSA) is 64.3 Å². The van der Waals surface area contributed by atoms with Crippen LogP contribution in [0, 0.1) is 23.2 Å². The van der Waals surface area contributed by atoms with Gasteiger partial charge < -0.3 is 10.0 Å². The molecule has 15 heavy (non-hydrogen) atoms. The van der Waals surface area contributed by atoms with Crippen molar-refractivity contribution in [1.82, 2.24) is 4.90 Å². The number of aliphatic carboxylic acids is 1. The highest BCUT2D eigenvalue weighted by Crippen LogP contribution is 2.05. The van der Waals surface area contributed by atoms with Gasteiger partial charge in [-0.05, 0) is 5.92 Å². The molecule has 86 valence electrons. The highest BCUT2D eigenvalue weighted by Gasteiger charge is 2.16. The van der Waals surface area contributed by atoms with Crippen molar-refractivity contribution in [1.29, 1.82) is 5.26 Å². The molecule has 0 spiro atoms. The summed E-state index contributed by atoms with van der Waals surface area (Å²) in [6.45, 7) is 7.90. The second-order valence-corrected chi connectivity index (χ2v) is 4.30. The Morgan fingerprint density at radius 1 is 1.40 bits per heavy atom. The normalized spacial score (nSPS) is 12.8. The maximum absolute atomic E-state index is 10.7. The van der Waals surface area contributed by atoms with Gasteiger partial charge in [-0.15, -0.1) is 0 Å². The molecule has 0 heterocycles. The van der Waals surface area contributed by atoms with Gasteiger partial charge in [-0.3, -0.25) is 4.79 Å². The Hall–Kier alpha value is -1.08. The van der Waals surface area contributed by atoms with E-state index in [2.05, 4.69) is 19.9 Å². The highest BCUT2D eigenvalue weighted by molar-refractivity contribution is 5.69. The summed E-state index contributed by atoms with van der Waals surface area (Å²) in [5.41, 5.74) is 0. The van der Waals surface area contributed by atoms with E-state index in [0.717, 1.165) is 6.54 Å². The summed E-state index contributed by atoms with van der Waals surface area (Å²) >= 11 is 0. The second kappa shape index (κ2) is 7.24. The fraction of sp³-hybridized carbons (Fsp3) is 0.818. The average molecular weight is 212 g/mol. The standard InChI is InChI=1S/C11H20N2O2/c1-9(2)7-13(6-4-5-12)8-10(3)11(14)15/h9-10H,4,6-8H2,1-3H3,(H,14,15). The summed E-state index contributed by atoms with van der Waals surface area (Å²) in [7, 11) is 0. The zero-order valence-electron chi connectivity index (χ0n) is 9.73. The van der Waals surface area contributed by atoms with Crippen LogP contribution < -0.4 is 0 Å². The van der Waals surface area contributed by atoms with Crippen molar-refractivity contribution in [3.8, 4) is 6.07 Å². The monoisotopic (exact) mass is 212 g/mol. The Morgan fingerprint density at radius 2 is 2.00 bits per heavy atom. The first-order valence-electron chi connectivity index (χ1n) is 5.29. The molecular formula is C11H20N2O2. The van der Waals surface area contributed by atoms with Crippen molar-refractivity contribution < 1.29 is 9.90 Å². The van der Waals surface area contributed by atoms with Crippen molar-refractivity contribution >= 4 is 5.97 Å². The first kappa shape index (κ1) is 13.9. The second-order valence-electron chi connectivity index (χ2n) is 4.30. The summed E-state index contributed by atoms with van der Waals surface area (Å²) in [6, 6.07) is 2.08. The van der Waals surface area contributed by atoms with Crippen LogP contribution in [0.1, 0.15) is 27.2 Å². The number of carboxylic acids is 1. The third-order valence-electron chi connectivity index (χ3n) is 2.12. The lowest BCUT2D eigenvalue weighted by Crippen LogP contribution is -2.35. The molecule has 0 aliphatic carbocycles. The molecule has 1 N–H and O–H groups in total. The number of hydrogen-bond donors (Lipinski definition) is 1. The molecule has 0 aliphatic rings. The Kier molecular flexibility index (Phi) is 6.72. The van der Waals surface area contributed by atoms with Crippen molar-refractivity contribution in [3.63, 3.8) is 0 Å². The maximum Gasteiger partial charge on any atom is 0.307 e. The molecule has 0 aromatic rings. The zero-order chi connectivity index (χ0) is 11.8. The van der Waals surface area contributed by atoms with Crippen LogP contribution in [0.4, 0.5) is 0 Å². The molecule has 0 rings (SSSR count). The van der Waals surface area contributed by atoms with Crippen LogP contribution in [0.3, 0.4) is 0 Å². The lowest BCUT2D eigenvalue weighted by atomic mass is 10.1. The Labute approximate surface area is 91.5 Å². The van der Waals surface area contributed by atoms with Crippen LogP contribution >= 0.6 is 0 Å². The van der Waals surface area contributed by atoms with E-state index in [1.54, 1.807) is 6.92 Å². The van der Waals surface area contributed by atoms with Gasteiger partial charge in [0.2, 0.25) is 0 Å². The first-order valence-corrected chi connectivity index (χ1v) is 5.29. The molecule has 0 aromatic carbocycles. The molecule has 0 aliphatic heterocycles. The van der Waals surface area contributed by atoms with Crippen LogP contribution in [0.25, 0.3) is 0 Å². The van der Waals surface area contributed by atoms with Crippen molar-refractivity contribution in [3.05, 3.63) is 0 Å². The van der Waals surface area contributed by atoms with Crippen LogP contribution in [0.2, 0.25) is 0 Å². The van der Waals surface area contributed by atoms with E-state index in [1.807, 2.05) is 4.90 Å². The van der Waals surface area contributed by atoms with Crippen LogP contribution in [0.5, 0.6) is 0 Å². The molecule has 4 heteroatoms. The predicted molar refractivity (Wildman–Crippen MR) is 58.3 cm³/mol. The van der Waals surface area contributed by atoms with Crippen LogP contribution in [-0.4, -0.2) is 35.6 Å². The number of nitrogens with zero attached hydrogens (tertiary/aromatic N) is 2. The molecule has 0 bridgehead atoms. The smallest absolute Gasteiger partial charge is 0.307 e. The van der Waals surface area contributed by atoms with E-state index in [4.69, 9.17) is 10.4 Å². The van der Waals surface area contributed by atoms with Gasteiger partial charge in [-0.1, -0.05) is 20.8 Å². The van der Waals surface area contributed by atoms with Crippen molar-refractivity contribution in [2.45, 2.75) is 27.2 Å². The zero-order valence-corrected chi connectivity index (χ0v) is 9.73. The highest BCUT2D eigenvalue weighted by atomic mass is 16.4. The number of rotatable bonds is 7. The Morgan fingerprint density at radius 3 is 2.40 bits per heavy atom. The summed E-state index contributed by atoms with van der Waals surface area (Å²) < 4.78 is 0. The van der Waals surface area contributed by atoms with Crippen molar-refractivity contribution in [2.75, 3.05) is 19.6 Å². The van der Waals surface area contributed by atoms with Crippen LogP contribution in [0.15, 0.2) is 0 Å². The molecular weight excluding hydrogens is 192 g/mol. The van der Waals surface area contributed by atoms with Gasteiger partial charge in [0.15, 0.2) is 0 Å². The third-order valence-corrected chi connectivity index (χ3v) is 2.12. The van der Waals surface area contributed by atoms with Gasteiger partial charge in [0.05, 0.1) is 12.0 Å². The molecule has 0 fully saturated rings. The molecule has 0 saturated carbocycles. The molecule has 0 aromatic heterocycles. The number of carboxylic acid groups (broad SMARTS) is 1. The van der Waals surface area contributed by atoms with Gasteiger partial charge in [-0.25, -0.2) is 0 Å². The summed E-state index contributed by atoms with van der Waals surface area (Å²) in [4.78, 5) is 12.8. The van der Waals surface area contributed by atoms with E-state index in [1.165, 1.54) is 0 Å². The minimum Gasteiger partial charge on any atom is -0.481 e. The van der Waals surface area contributed by atoms with Gasteiger partial charge in [-0.2, -0.15) is 5.26 Å². The van der Waals surface area contributed by atoms with Gasteiger partial charge >= 0.3 is 5.97 Å².